The molecule has 100 valence electrons. The molecule has 3 heteroatoms. The molecule has 1 fully saturated rings. The van der Waals surface area contributed by atoms with E-state index < -0.39 is 0 Å². The molecule has 1 aromatic rings. The van der Waals surface area contributed by atoms with E-state index in [1.165, 1.54) is 5.56 Å². The van der Waals surface area contributed by atoms with Crippen LogP contribution in [0.25, 0.3) is 0 Å². The fourth-order valence-corrected chi connectivity index (χ4v) is 2.26. The number of nitrogens with one attached hydrogen (secondary N) is 1. The number of rotatable bonds is 6. The summed E-state index contributed by atoms with van der Waals surface area (Å²) in [5.74, 6) is 1.02. The summed E-state index contributed by atoms with van der Waals surface area (Å²) in [6, 6.07) is 8.87. The minimum atomic E-state index is 0.601. The third-order valence-corrected chi connectivity index (χ3v) is 3.37. The van der Waals surface area contributed by atoms with Gasteiger partial charge in [-0.2, -0.15) is 0 Å². The summed E-state index contributed by atoms with van der Waals surface area (Å²) < 4.78 is 11.2. The Morgan fingerprint density at radius 2 is 2.06 bits per heavy atom. The third-order valence-electron chi connectivity index (χ3n) is 3.37. The highest BCUT2D eigenvalue weighted by Gasteiger charge is 2.12. The van der Waals surface area contributed by atoms with Crippen LogP contribution in [0.5, 0.6) is 5.75 Å². The van der Waals surface area contributed by atoms with E-state index in [1.807, 2.05) is 12.1 Å². The first-order valence-electron chi connectivity index (χ1n) is 6.92. The summed E-state index contributed by atoms with van der Waals surface area (Å²) >= 11 is 0. The number of ether oxygens (including phenoxy) is 2. The Kier molecular flexibility index (Phi) is 5.49. The molecule has 2 rings (SSSR count). The van der Waals surface area contributed by atoms with Gasteiger partial charge in [-0.25, -0.2) is 0 Å². The molecule has 1 aliphatic rings. The largest absolute Gasteiger partial charge is 0.492 e. The molecule has 0 unspecified atom stereocenters. The zero-order chi connectivity index (χ0) is 12.6. The summed E-state index contributed by atoms with van der Waals surface area (Å²) in [4.78, 5) is 0. The fourth-order valence-electron chi connectivity index (χ4n) is 2.26. The van der Waals surface area contributed by atoms with E-state index in [0.717, 1.165) is 51.4 Å². The van der Waals surface area contributed by atoms with E-state index in [2.05, 4.69) is 24.4 Å². The highest BCUT2D eigenvalue weighted by Crippen LogP contribution is 2.17. The van der Waals surface area contributed by atoms with Gasteiger partial charge in [0.2, 0.25) is 0 Å². The first kappa shape index (κ1) is 13.4. The lowest BCUT2D eigenvalue weighted by atomic mass is 10.1. The molecule has 0 radical (unpaired) electrons. The van der Waals surface area contributed by atoms with Crippen LogP contribution in [-0.2, 0) is 11.2 Å². The van der Waals surface area contributed by atoms with Gasteiger partial charge in [0.1, 0.15) is 12.4 Å². The van der Waals surface area contributed by atoms with E-state index in [1.54, 1.807) is 0 Å². The standard InChI is InChI=1S/C15H23NO2/c1-2-13-5-3-4-6-15(13)18-12-9-16-14-7-10-17-11-8-14/h3-6,14,16H,2,7-12H2,1H3. The molecule has 0 saturated carbocycles. The second-order valence-electron chi connectivity index (χ2n) is 4.65. The van der Waals surface area contributed by atoms with Crippen LogP contribution in [-0.4, -0.2) is 32.4 Å². The van der Waals surface area contributed by atoms with E-state index in [4.69, 9.17) is 9.47 Å². The smallest absolute Gasteiger partial charge is 0.122 e. The van der Waals surface area contributed by atoms with E-state index >= 15 is 0 Å². The van der Waals surface area contributed by atoms with Crippen LogP contribution in [0, 0.1) is 0 Å². The Morgan fingerprint density at radius 3 is 2.83 bits per heavy atom. The monoisotopic (exact) mass is 249 g/mol. The zero-order valence-electron chi connectivity index (χ0n) is 11.2. The Morgan fingerprint density at radius 1 is 1.28 bits per heavy atom. The van der Waals surface area contributed by atoms with Crippen LogP contribution in [0.15, 0.2) is 24.3 Å². The number of benzene rings is 1. The van der Waals surface area contributed by atoms with Crippen LogP contribution < -0.4 is 10.1 Å². The van der Waals surface area contributed by atoms with Gasteiger partial charge >= 0.3 is 0 Å². The number of aryl methyl sites for hydroxylation is 1. The summed E-state index contributed by atoms with van der Waals surface area (Å²) in [5, 5.41) is 3.52. The van der Waals surface area contributed by atoms with Crippen molar-refractivity contribution in [2.75, 3.05) is 26.4 Å². The molecule has 1 heterocycles. The van der Waals surface area contributed by atoms with Crippen molar-refractivity contribution in [1.82, 2.24) is 5.32 Å². The molecule has 3 nitrogen and oxygen atoms in total. The van der Waals surface area contributed by atoms with Gasteiger partial charge in [-0.05, 0) is 30.9 Å². The Bertz CT molecular complexity index is 348. The van der Waals surface area contributed by atoms with E-state index in [0.29, 0.717) is 6.04 Å². The molecule has 0 aliphatic carbocycles. The minimum Gasteiger partial charge on any atom is -0.492 e. The number of hydrogen-bond donors (Lipinski definition) is 1. The van der Waals surface area contributed by atoms with Gasteiger partial charge in [-0.15, -0.1) is 0 Å². The van der Waals surface area contributed by atoms with Gasteiger partial charge in [0.05, 0.1) is 0 Å². The predicted molar refractivity (Wildman–Crippen MR) is 73.2 cm³/mol. The lowest BCUT2D eigenvalue weighted by Crippen LogP contribution is -2.37. The van der Waals surface area contributed by atoms with Crippen molar-refractivity contribution >= 4 is 0 Å². The fraction of sp³-hybridized carbons (Fsp3) is 0.600. The van der Waals surface area contributed by atoms with Gasteiger partial charge in [0.15, 0.2) is 0 Å². The molecule has 0 spiro atoms. The molecular formula is C15H23NO2. The summed E-state index contributed by atoms with van der Waals surface area (Å²) in [6.07, 6.45) is 3.25. The summed E-state index contributed by atoms with van der Waals surface area (Å²) in [7, 11) is 0. The molecule has 18 heavy (non-hydrogen) atoms. The van der Waals surface area contributed by atoms with Crippen molar-refractivity contribution in [3.05, 3.63) is 29.8 Å². The second-order valence-corrected chi connectivity index (χ2v) is 4.65. The highest BCUT2D eigenvalue weighted by atomic mass is 16.5. The average molecular weight is 249 g/mol. The van der Waals surface area contributed by atoms with Crippen LogP contribution in [0.3, 0.4) is 0 Å². The quantitative estimate of drug-likeness (QED) is 0.785. The first-order valence-corrected chi connectivity index (χ1v) is 6.92. The number of hydrogen-bond acceptors (Lipinski definition) is 3. The van der Waals surface area contributed by atoms with Crippen LogP contribution >= 0.6 is 0 Å². The lowest BCUT2D eigenvalue weighted by molar-refractivity contribution is 0.0770. The van der Waals surface area contributed by atoms with Crippen LogP contribution in [0.2, 0.25) is 0 Å². The van der Waals surface area contributed by atoms with Gasteiger partial charge in [-0.1, -0.05) is 25.1 Å². The van der Waals surface area contributed by atoms with Gasteiger partial charge in [0.25, 0.3) is 0 Å². The maximum absolute atomic E-state index is 5.83. The third kappa shape index (κ3) is 4.00. The highest BCUT2D eigenvalue weighted by molar-refractivity contribution is 5.33. The van der Waals surface area contributed by atoms with E-state index in [9.17, 15) is 0 Å². The molecule has 0 amide bonds. The van der Waals surface area contributed by atoms with Gasteiger partial charge in [-0.3, -0.25) is 0 Å². The molecule has 0 bridgehead atoms. The molecule has 1 N–H and O–H groups in total. The van der Waals surface area contributed by atoms with Gasteiger partial charge in [0, 0.05) is 25.8 Å². The SMILES string of the molecule is CCc1ccccc1OCCNC1CCOCC1. The van der Waals surface area contributed by atoms with Crippen molar-refractivity contribution in [3.63, 3.8) is 0 Å². The maximum Gasteiger partial charge on any atom is 0.122 e. The Hall–Kier alpha value is -1.06. The zero-order valence-corrected chi connectivity index (χ0v) is 11.2. The van der Waals surface area contributed by atoms with Gasteiger partial charge < -0.3 is 14.8 Å². The van der Waals surface area contributed by atoms with Crippen molar-refractivity contribution in [3.8, 4) is 5.75 Å². The van der Waals surface area contributed by atoms with Crippen LogP contribution in [0.1, 0.15) is 25.3 Å². The molecular weight excluding hydrogens is 226 g/mol. The summed E-state index contributed by atoms with van der Waals surface area (Å²) in [5.41, 5.74) is 1.28. The topological polar surface area (TPSA) is 30.5 Å². The molecule has 0 atom stereocenters. The van der Waals surface area contributed by atoms with E-state index in [-0.39, 0.29) is 0 Å². The second kappa shape index (κ2) is 7.39. The van der Waals surface area contributed by atoms with Crippen molar-refractivity contribution in [2.24, 2.45) is 0 Å². The normalized spacial score (nSPS) is 16.7. The lowest BCUT2D eigenvalue weighted by Gasteiger charge is -2.23. The van der Waals surface area contributed by atoms with Crippen molar-refractivity contribution < 1.29 is 9.47 Å². The molecule has 1 saturated heterocycles. The first-order chi connectivity index (χ1) is 8.90. The van der Waals surface area contributed by atoms with Crippen molar-refractivity contribution in [1.29, 1.82) is 0 Å². The molecule has 0 aromatic heterocycles. The summed E-state index contributed by atoms with van der Waals surface area (Å²) in [6.45, 7) is 5.56. The maximum atomic E-state index is 5.83. The Balaban J connectivity index is 1.68. The average Bonchev–Trinajstić information content (AvgIpc) is 2.45. The van der Waals surface area contributed by atoms with Crippen molar-refractivity contribution in [2.45, 2.75) is 32.2 Å². The molecule has 1 aromatic carbocycles. The Labute approximate surface area is 109 Å². The minimum absolute atomic E-state index is 0.601. The number of para-hydroxylation sites is 1. The molecule has 1 aliphatic heterocycles. The predicted octanol–water partition coefficient (Wildman–Crippen LogP) is 2.40. The van der Waals surface area contributed by atoms with Crippen LogP contribution in [0.4, 0.5) is 0 Å².